The highest BCUT2D eigenvalue weighted by atomic mass is 19.4. The first-order valence-electron chi connectivity index (χ1n) is 41.8. The van der Waals surface area contributed by atoms with Gasteiger partial charge in [0.15, 0.2) is 23.2 Å². The number of aryl methyl sites for hydroxylation is 4. The van der Waals surface area contributed by atoms with Crippen LogP contribution in [-0.2, 0) is 6.18 Å². The van der Waals surface area contributed by atoms with Gasteiger partial charge in [-0.3, -0.25) is 34.1 Å². The largest absolute Gasteiger partial charge is 0.434 e. The van der Waals surface area contributed by atoms with Gasteiger partial charge in [-0.15, -0.1) is 4.80 Å². The molecule has 0 radical (unpaired) electrons. The molecular formula is C89H91F5N26O4. The Morgan fingerprint density at radius 1 is 0.363 bits per heavy atom. The number of halogens is 5. The van der Waals surface area contributed by atoms with Crippen LogP contribution in [0.3, 0.4) is 0 Å². The lowest BCUT2D eigenvalue weighted by molar-refractivity contribution is -0.141. The predicted octanol–water partition coefficient (Wildman–Crippen LogP) is 12.9. The third kappa shape index (κ3) is 18.1. The number of hydrogen-bond acceptors (Lipinski definition) is 24. The number of rotatable bonds is 16. The van der Waals surface area contributed by atoms with Crippen LogP contribution in [0.15, 0.2) is 190 Å². The summed E-state index contributed by atoms with van der Waals surface area (Å²) in [5.74, 6) is 3.20. The molecule has 16 heterocycles. The molecule has 12 unspecified atom stereocenters. The Bertz CT molecular complexity index is 5740. The fourth-order valence-corrected chi connectivity index (χ4v) is 18.9. The van der Waals surface area contributed by atoms with E-state index in [4.69, 9.17) is 0 Å². The summed E-state index contributed by atoms with van der Waals surface area (Å²) in [6.45, 7) is 10.5. The number of hydrogen-bond donors (Lipinski definition) is 4. The molecule has 8 aliphatic heterocycles. The first kappa shape index (κ1) is 82.7. The number of benzene rings is 4. The summed E-state index contributed by atoms with van der Waals surface area (Å²) in [6, 6.07) is 25.9. The number of aromatic nitrogens is 18. The number of piperidine rings is 8. The minimum atomic E-state index is -4.57. The molecule has 12 fully saturated rings. The van der Waals surface area contributed by atoms with Crippen molar-refractivity contribution in [3.05, 3.63) is 252 Å². The van der Waals surface area contributed by atoms with Crippen molar-refractivity contribution in [1.82, 2.24) is 109 Å². The van der Waals surface area contributed by atoms with E-state index in [1.54, 1.807) is 97.2 Å². The Morgan fingerprint density at radius 2 is 0.750 bits per heavy atom. The Morgan fingerprint density at radius 3 is 1.18 bits per heavy atom. The van der Waals surface area contributed by atoms with E-state index in [1.807, 2.05) is 84.9 Å². The normalized spacial score (nSPS) is 22.6. The fourth-order valence-electron chi connectivity index (χ4n) is 18.9. The van der Waals surface area contributed by atoms with E-state index >= 15 is 0 Å². The third-order valence-corrected chi connectivity index (χ3v) is 24.6. The molecule has 12 aromatic rings. The van der Waals surface area contributed by atoms with Crippen LogP contribution in [0.5, 0.6) is 0 Å². The maximum atomic E-state index is 14.8. The fraction of sp³-hybridized carbons (Fsp3) is 0.371. The molecule has 8 bridgehead atoms. The number of para-hydroxylation sites is 2. The van der Waals surface area contributed by atoms with Gasteiger partial charge >= 0.3 is 6.18 Å². The molecule has 0 spiro atoms. The summed E-state index contributed by atoms with van der Waals surface area (Å²) in [6.07, 6.45) is 32.0. The molecular weight excluding hydrogens is 1590 g/mol. The molecule has 4 aromatic carbocycles. The van der Waals surface area contributed by atoms with Crippen LogP contribution in [0.1, 0.15) is 147 Å². The minimum Gasteiger partial charge on any atom is -0.364 e. The number of amides is 4. The van der Waals surface area contributed by atoms with Crippen LogP contribution in [0.2, 0.25) is 0 Å². The Kier molecular flexibility index (Phi) is 24.1. The second kappa shape index (κ2) is 36.2. The second-order valence-electron chi connectivity index (χ2n) is 32.9. The van der Waals surface area contributed by atoms with Crippen LogP contribution in [0, 0.1) is 63.0 Å². The van der Waals surface area contributed by atoms with Gasteiger partial charge in [0.2, 0.25) is 0 Å². The summed E-state index contributed by atoms with van der Waals surface area (Å²) in [5.41, 5.74) is 6.02. The molecule has 4 saturated carbocycles. The number of nitrogens with zero attached hydrogens (tertiary/aromatic N) is 22. The first-order valence-corrected chi connectivity index (χ1v) is 41.8. The number of carbonyl (C=O) groups is 4. The van der Waals surface area contributed by atoms with Crippen molar-refractivity contribution in [2.45, 2.75) is 159 Å². The Labute approximate surface area is 710 Å². The first-order chi connectivity index (χ1) is 60.2. The van der Waals surface area contributed by atoms with Crippen molar-refractivity contribution in [1.29, 1.82) is 0 Å². The standard InChI is InChI=1S/C24H26N6O.C23H20F4N6O.C21H22FN7O.C21H23N7O/c1-15-4-6-18(19(10-15)23-25-8-3-9-26-23)24(31)30-14-17-5-7-21(30)20(11-17)29-22-13-27-16(2)12-28-22;24-15-4-1-3-14(20(15)21-28-7-2-8-29-21)22(34)33-12-13-5-6-17(33)16(9-13)32-19-11-30-18(10-31-19)23(25,26)27;1-13-10-24-19(11-23-13)27-17-9-14-5-6-18(17)28(12-14)21(30)15-3-2-4-16(22)20(15)29-25-7-8-26-29;1-14-11-23-20(12-22-14)26-17-10-15-6-7-19(17)27(13-15)21(29)16-4-2-3-5-18(16)28-24-8-9-25-28/h3-4,6,8-10,12-13,17,20-21H,5,7,11,14H2,1-2H3,(H,28,29);1-4,7-8,10-11,13,16-17H,5-6,9,12H2,(H,31,32);2-4,7-8,10-11,14,17-18H,5-6,9,12H2,1H3,(H,24,27);2-5,8-9,11-12,15,17,19H,6-7,10,13H2,1H3,(H,23,26). The van der Waals surface area contributed by atoms with Crippen molar-refractivity contribution in [3.63, 3.8) is 0 Å². The molecule has 4 N–H and O–H groups in total. The van der Waals surface area contributed by atoms with E-state index in [9.17, 15) is 41.1 Å². The second-order valence-corrected chi connectivity index (χ2v) is 32.9. The molecule has 30 nitrogen and oxygen atoms in total. The van der Waals surface area contributed by atoms with E-state index in [0.29, 0.717) is 71.9 Å². The molecule has 35 heteroatoms. The number of fused-ring (bicyclic) bond motifs is 12. The van der Waals surface area contributed by atoms with Crippen LogP contribution in [-0.4, -0.2) is 208 Å². The van der Waals surface area contributed by atoms with Gasteiger partial charge in [-0.25, -0.2) is 53.6 Å². The van der Waals surface area contributed by atoms with E-state index in [-0.39, 0.29) is 112 Å². The SMILES string of the molecule is Cc1ccc(C(=O)N2CC3CCC2C(Nc2cnc(C)cn2)C3)c(-c2ncccn2)c1.Cc1cnc(NC2CC3CCC2N(C(=O)c2cccc(F)c2-n2nccn2)C3)cn1.Cc1cnc(NC2CC3CCC2N(C(=O)c2ccccc2-n2nccn2)C3)cn1.O=C(c1cccc(F)c1-c1ncccn1)N1CC2CCC1C(Nc1cnc(C(F)(F)F)cn1)C2. The van der Waals surface area contributed by atoms with Gasteiger partial charge in [0.1, 0.15) is 34.8 Å². The van der Waals surface area contributed by atoms with Gasteiger partial charge in [0.05, 0.1) is 149 Å². The number of anilines is 4. The maximum absolute atomic E-state index is 14.8. The van der Waals surface area contributed by atoms with Gasteiger partial charge in [0, 0.05) is 80.7 Å². The van der Waals surface area contributed by atoms with E-state index in [0.717, 1.165) is 130 Å². The minimum absolute atomic E-state index is 0.00676. The number of carbonyl (C=O) groups excluding carboxylic acids is 4. The average Bonchev–Trinajstić information content (AvgIpc) is 0.952. The van der Waals surface area contributed by atoms with Gasteiger partial charge < -0.3 is 40.9 Å². The quantitative estimate of drug-likeness (QED) is 0.0653. The maximum Gasteiger partial charge on any atom is 0.434 e. The predicted molar refractivity (Wildman–Crippen MR) is 448 cm³/mol. The van der Waals surface area contributed by atoms with Crippen molar-refractivity contribution in [2.24, 2.45) is 23.7 Å². The highest BCUT2D eigenvalue weighted by Crippen LogP contribution is 2.44. The molecule has 12 atom stereocenters. The molecule has 124 heavy (non-hydrogen) atoms. The molecule has 24 rings (SSSR count). The third-order valence-electron chi connectivity index (χ3n) is 24.6. The van der Waals surface area contributed by atoms with Gasteiger partial charge in [0.25, 0.3) is 23.6 Å². The van der Waals surface area contributed by atoms with Crippen molar-refractivity contribution in [2.75, 3.05) is 47.4 Å². The lowest BCUT2D eigenvalue weighted by atomic mass is 9.76. The highest BCUT2D eigenvalue weighted by molar-refractivity contribution is 6.02. The molecule has 8 saturated heterocycles. The van der Waals surface area contributed by atoms with Crippen LogP contribution in [0.4, 0.5) is 45.2 Å². The molecule has 8 aromatic heterocycles. The van der Waals surface area contributed by atoms with Gasteiger partial charge in [-0.05, 0) is 189 Å². The summed E-state index contributed by atoms with van der Waals surface area (Å²) >= 11 is 0. The van der Waals surface area contributed by atoms with Crippen molar-refractivity contribution >= 4 is 46.9 Å². The van der Waals surface area contributed by atoms with E-state index in [1.165, 1.54) is 52.6 Å². The van der Waals surface area contributed by atoms with Gasteiger partial charge in [-0.1, -0.05) is 35.9 Å². The zero-order chi connectivity index (χ0) is 85.7. The highest BCUT2D eigenvalue weighted by Gasteiger charge is 2.49. The zero-order valence-corrected chi connectivity index (χ0v) is 68.5. The summed E-state index contributed by atoms with van der Waals surface area (Å²) in [7, 11) is 0. The average molecular weight is 1680 g/mol. The lowest BCUT2D eigenvalue weighted by Gasteiger charge is -2.50. The molecule has 636 valence electrons. The summed E-state index contributed by atoms with van der Waals surface area (Å²) < 4.78 is 67.7. The van der Waals surface area contributed by atoms with Gasteiger partial charge in [-0.2, -0.15) is 38.4 Å². The van der Waals surface area contributed by atoms with E-state index < -0.39 is 23.5 Å². The van der Waals surface area contributed by atoms with Crippen LogP contribution >= 0.6 is 0 Å². The molecule has 4 amide bonds. The van der Waals surface area contributed by atoms with Crippen LogP contribution in [0.25, 0.3) is 34.2 Å². The van der Waals surface area contributed by atoms with Crippen LogP contribution < -0.4 is 21.3 Å². The summed E-state index contributed by atoms with van der Waals surface area (Å²) in [5, 5.41) is 30.1. The van der Waals surface area contributed by atoms with Crippen molar-refractivity contribution in [3.8, 4) is 34.2 Å². The molecule has 12 aliphatic rings. The number of alkyl halides is 3. The summed E-state index contributed by atoms with van der Waals surface area (Å²) in [4.78, 5) is 115. The Balaban J connectivity index is 0.000000117. The lowest BCUT2D eigenvalue weighted by Crippen LogP contribution is -2.59. The smallest absolute Gasteiger partial charge is 0.364 e. The van der Waals surface area contributed by atoms with E-state index in [2.05, 4.69) is 101 Å². The van der Waals surface area contributed by atoms with Crippen molar-refractivity contribution < 1.29 is 41.1 Å². The molecule has 4 aliphatic carbocycles. The zero-order valence-electron chi connectivity index (χ0n) is 68.5. The number of nitrogens with one attached hydrogen (secondary N) is 4. The Hall–Kier alpha value is -13.6. The monoisotopic (exact) mass is 1680 g/mol. The topological polar surface area (TPSA) is 345 Å².